The topological polar surface area (TPSA) is 95.9 Å². The second-order valence-electron chi connectivity index (χ2n) is 16.9. The lowest BCUT2D eigenvalue weighted by Gasteiger charge is -2.24. The number of hydrogen-bond acceptors (Lipinski definition) is 5. The minimum Gasteiger partial charge on any atom is -0.461 e. The van der Waals surface area contributed by atoms with Gasteiger partial charge in [-0.25, -0.2) is 0 Å². The van der Waals surface area contributed by atoms with Crippen molar-refractivity contribution in [2.75, 3.05) is 6.61 Å². The van der Waals surface area contributed by atoms with Gasteiger partial charge in [0.05, 0.1) is 25.2 Å². The average molecular weight is 826 g/mol. The van der Waals surface area contributed by atoms with Crippen LogP contribution < -0.4 is 5.32 Å². The summed E-state index contributed by atoms with van der Waals surface area (Å²) < 4.78 is 5.86. The first kappa shape index (κ1) is 56.6. The van der Waals surface area contributed by atoms with Gasteiger partial charge in [0.2, 0.25) is 5.91 Å². The minimum atomic E-state index is -0.810. The van der Waals surface area contributed by atoms with Gasteiger partial charge in [0.25, 0.3) is 0 Å². The summed E-state index contributed by atoms with van der Waals surface area (Å²) in [4.78, 5) is 26.1. The highest BCUT2D eigenvalue weighted by molar-refractivity contribution is 5.77. The van der Waals surface area contributed by atoms with Crippen LogP contribution in [0.25, 0.3) is 0 Å². The summed E-state index contributed by atoms with van der Waals surface area (Å²) in [6.07, 6.45) is 57.3. The quantitative estimate of drug-likeness (QED) is 0.0323. The minimum absolute atomic E-state index is 0.000382. The Morgan fingerprint density at radius 2 is 0.881 bits per heavy atom. The fourth-order valence-corrected chi connectivity index (χ4v) is 7.34. The zero-order chi connectivity index (χ0) is 43.1. The molecular formula is C53H95NO5. The normalized spacial score (nSPS) is 13.8. The van der Waals surface area contributed by atoms with Crippen molar-refractivity contribution in [3.8, 4) is 0 Å². The molecule has 6 nitrogen and oxygen atoms in total. The molecule has 0 fully saturated rings. The predicted molar refractivity (Wildman–Crippen MR) is 255 cm³/mol. The first-order valence-corrected chi connectivity index (χ1v) is 25.0. The van der Waals surface area contributed by atoms with Crippen LogP contribution in [0.3, 0.4) is 0 Å². The number of hydrogen-bond donors (Lipinski definition) is 3. The first-order valence-electron chi connectivity index (χ1n) is 25.0. The van der Waals surface area contributed by atoms with Gasteiger partial charge in [-0.1, -0.05) is 236 Å². The molecule has 0 aliphatic rings. The third kappa shape index (κ3) is 42.1. The lowest BCUT2D eigenvalue weighted by molar-refractivity contribution is -0.150. The molecule has 0 aromatic rings. The Labute approximate surface area is 365 Å². The Balaban J connectivity index is 4.71. The maximum absolute atomic E-state index is 13.1. The molecule has 6 heteroatoms. The van der Waals surface area contributed by atoms with Crippen molar-refractivity contribution in [3.05, 3.63) is 60.8 Å². The fourth-order valence-electron chi connectivity index (χ4n) is 7.34. The number of esters is 1. The Morgan fingerprint density at radius 1 is 0.508 bits per heavy atom. The smallest absolute Gasteiger partial charge is 0.306 e. The molecule has 0 bridgehead atoms. The fraction of sp³-hybridized carbons (Fsp3) is 0.774. The number of rotatable bonds is 44. The molecule has 0 spiro atoms. The molecule has 3 unspecified atom stereocenters. The predicted octanol–water partition coefficient (Wildman–Crippen LogP) is 14.8. The highest BCUT2D eigenvalue weighted by atomic mass is 16.5. The molecule has 3 N–H and O–H groups in total. The Bertz CT molecular complexity index is 1060. The van der Waals surface area contributed by atoms with Crippen LogP contribution in [-0.4, -0.2) is 46.9 Å². The average Bonchev–Trinajstić information content (AvgIpc) is 3.23. The molecule has 0 rings (SSSR count). The second kappa shape index (κ2) is 46.6. The van der Waals surface area contributed by atoms with E-state index in [1.807, 2.05) is 12.2 Å². The molecule has 0 aromatic heterocycles. The van der Waals surface area contributed by atoms with Crippen LogP contribution in [0.5, 0.6) is 0 Å². The molecule has 1 amide bonds. The molecule has 0 saturated heterocycles. The van der Waals surface area contributed by atoms with Crippen molar-refractivity contribution in [3.63, 3.8) is 0 Å². The van der Waals surface area contributed by atoms with Gasteiger partial charge in [-0.05, 0) is 44.9 Å². The Kier molecular flexibility index (Phi) is 44.7. The van der Waals surface area contributed by atoms with E-state index < -0.39 is 18.2 Å². The molecule has 0 aliphatic heterocycles. The summed E-state index contributed by atoms with van der Waals surface area (Å²) in [7, 11) is 0. The molecular weight excluding hydrogens is 731 g/mol. The number of aliphatic hydroxyl groups is 2. The SMILES string of the molecule is CC/C=C\C/C=C\C/C=C\C/C=C\C/C=C\CC(CC(=O)NC(CO)C(O)CCCCCCCCCCCC)OC(=O)CCCCCCCCCCCCCCCCC. The monoisotopic (exact) mass is 826 g/mol. The standard InChI is InChI=1S/C53H95NO5/c1-4-7-10-13-16-19-22-24-26-28-30-32-35-38-41-44-49(59-53(58)46-43-40-37-34-31-29-27-25-23-20-17-14-11-8-5-2)47-52(57)54-50(48-55)51(56)45-42-39-36-33-21-18-15-12-9-6-3/h7,10,16,19,24,26,30,32,38,41,49-51,55-56H,4-6,8-9,11-15,17-18,20-23,25,27-29,31,33-37,39-40,42-48H2,1-3H3,(H,54,57)/b10-7-,19-16-,26-24-,32-30-,41-38-. The number of amides is 1. The van der Waals surface area contributed by atoms with Crippen molar-refractivity contribution in [2.45, 2.75) is 257 Å². The van der Waals surface area contributed by atoms with Crippen LogP contribution >= 0.6 is 0 Å². The summed E-state index contributed by atoms with van der Waals surface area (Å²) in [5, 5.41) is 23.6. The maximum Gasteiger partial charge on any atom is 0.306 e. The number of aliphatic hydroxyl groups excluding tert-OH is 2. The summed E-state index contributed by atoms with van der Waals surface area (Å²) in [5.41, 5.74) is 0. The summed E-state index contributed by atoms with van der Waals surface area (Å²) >= 11 is 0. The number of ether oxygens (including phenoxy) is 1. The van der Waals surface area contributed by atoms with E-state index in [0.717, 1.165) is 70.6 Å². The van der Waals surface area contributed by atoms with Gasteiger partial charge in [0.1, 0.15) is 6.10 Å². The van der Waals surface area contributed by atoms with E-state index in [9.17, 15) is 19.8 Å². The van der Waals surface area contributed by atoms with Crippen molar-refractivity contribution in [1.82, 2.24) is 5.32 Å². The Morgan fingerprint density at radius 3 is 1.29 bits per heavy atom. The van der Waals surface area contributed by atoms with E-state index >= 15 is 0 Å². The summed E-state index contributed by atoms with van der Waals surface area (Å²) in [6, 6.07) is -0.730. The van der Waals surface area contributed by atoms with Crippen LogP contribution in [0.4, 0.5) is 0 Å². The van der Waals surface area contributed by atoms with Crippen molar-refractivity contribution in [1.29, 1.82) is 0 Å². The van der Waals surface area contributed by atoms with Crippen LogP contribution in [0.2, 0.25) is 0 Å². The van der Waals surface area contributed by atoms with E-state index in [1.165, 1.54) is 122 Å². The second-order valence-corrected chi connectivity index (χ2v) is 16.9. The van der Waals surface area contributed by atoms with Gasteiger partial charge in [0, 0.05) is 12.8 Å². The van der Waals surface area contributed by atoms with E-state index in [4.69, 9.17) is 4.74 Å². The number of carbonyl (C=O) groups excluding carboxylic acids is 2. The van der Waals surface area contributed by atoms with E-state index in [-0.39, 0.29) is 24.9 Å². The van der Waals surface area contributed by atoms with Crippen LogP contribution in [0, 0.1) is 0 Å². The lowest BCUT2D eigenvalue weighted by atomic mass is 10.0. The van der Waals surface area contributed by atoms with E-state index in [2.05, 4.69) is 74.7 Å². The van der Waals surface area contributed by atoms with Gasteiger partial charge >= 0.3 is 5.97 Å². The lowest BCUT2D eigenvalue weighted by Crippen LogP contribution is -2.46. The van der Waals surface area contributed by atoms with Crippen LogP contribution in [-0.2, 0) is 14.3 Å². The van der Waals surface area contributed by atoms with Gasteiger partial charge in [-0.3, -0.25) is 9.59 Å². The van der Waals surface area contributed by atoms with Gasteiger partial charge < -0.3 is 20.3 Å². The molecule has 0 aliphatic carbocycles. The van der Waals surface area contributed by atoms with Gasteiger partial charge in [-0.2, -0.15) is 0 Å². The first-order chi connectivity index (χ1) is 29.0. The molecule has 342 valence electrons. The van der Waals surface area contributed by atoms with Gasteiger partial charge in [-0.15, -0.1) is 0 Å². The van der Waals surface area contributed by atoms with Crippen LogP contribution in [0.1, 0.15) is 239 Å². The van der Waals surface area contributed by atoms with Crippen LogP contribution in [0.15, 0.2) is 60.8 Å². The molecule has 3 atom stereocenters. The molecule has 0 aromatic carbocycles. The largest absolute Gasteiger partial charge is 0.461 e. The third-order valence-electron chi connectivity index (χ3n) is 11.1. The maximum atomic E-state index is 13.1. The number of unbranched alkanes of at least 4 members (excludes halogenated alkanes) is 23. The number of carbonyl (C=O) groups is 2. The highest BCUT2D eigenvalue weighted by Crippen LogP contribution is 2.16. The summed E-state index contributed by atoms with van der Waals surface area (Å²) in [6.45, 7) is 6.33. The van der Waals surface area contributed by atoms with Crippen molar-refractivity contribution >= 4 is 11.9 Å². The zero-order valence-electron chi connectivity index (χ0n) is 38.9. The zero-order valence-corrected chi connectivity index (χ0v) is 38.9. The molecule has 0 heterocycles. The van der Waals surface area contributed by atoms with Gasteiger partial charge in [0.15, 0.2) is 0 Å². The van der Waals surface area contributed by atoms with E-state index in [0.29, 0.717) is 19.3 Å². The van der Waals surface area contributed by atoms with E-state index in [1.54, 1.807) is 0 Å². The van der Waals surface area contributed by atoms with Crippen molar-refractivity contribution < 1.29 is 24.5 Å². The van der Waals surface area contributed by atoms with Crippen molar-refractivity contribution in [2.24, 2.45) is 0 Å². The molecule has 0 radical (unpaired) electrons. The molecule has 0 saturated carbocycles. The molecule has 59 heavy (non-hydrogen) atoms. The summed E-state index contributed by atoms with van der Waals surface area (Å²) in [5.74, 6) is -0.576. The third-order valence-corrected chi connectivity index (χ3v) is 11.1. The Hall–Kier alpha value is -2.44. The highest BCUT2D eigenvalue weighted by Gasteiger charge is 2.23. The number of nitrogens with one attached hydrogen (secondary N) is 1. The number of allylic oxidation sites excluding steroid dienone is 9.